The molecule has 0 bridgehead atoms. The molecule has 1 unspecified atom stereocenters. The molecular weight excluding hydrogens is 242 g/mol. The number of nitrogens with zero attached hydrogens (tertiary/aromatic N) is 1. The molecule has 0 spiro atoms. The molecule has 2 amide bonds. The highest BCUT2D eigenvalue weighted by molar-refractivity contribution is 5.85. The van der Waals surface area contributed by atoms with Gasteiger partial charge in [0.25, 0.3) is 0 Å². The second kappa shape index (κ2) is 5.90. The quantitative estimate of drug-likeness (QED) is 0.780. The molecule has 108 valence electrons. The fourth-order valence-electron chi connectivity index (χ4n) is 3.28. The molecule has 5 nitrogen and oxygen atoms in total. The van der Waals surface area contributed by atoms with Gasteiger partial charge in [-0.25, -0.2) is 0 Å². The Bertz CT molecular complexity index is 343. The first-order valence-corrected chi connectivity index (χ1v) is 7.28. The van der Waals surface area contributed by atoms with E-state index in [1.54, 1.807) is 19.0 Å². The Morgan fingerprint density at radius 1 is 1.26 bits per heavy atom. The van der Waals surface area contributed by atoms with Crippen LogP contribution in [-0.4, -0.2) is 49.9 Å². The molecule has 2 fully saturated rings. The van der Waals surface area contributed by atoms with Crippen LogP contribution in [0.5, 0.6) is 0 Å². The maximum atomic E-state index is 12.4. The van der Waals surface area contributed by atoms with Crippen molar-refractivity contribution in [1.29, 1.82) is 0 Å². The number of hydrogen-bond donors (Lipinski definition) is 2. The Labute approximate surface area is 115 Å². The van der Waals surface area contributed by atoms with Gasteiger partial charge in [-0.3, -0.25) is 9.59 Å². The zero-order valence-electron chi connectivity index (χ0n) is 12.0. The lowest BCUT2D eigenvalue weighted by Gasteiger charge is -2.31. The van der Waals surface area contributed by atoms with Crippen molar-refractivity contribution in [2.75, 3.05) is 27.2 Å². The smallest absolute Gasteiger partial charge is 0.237 e. The molecule has 1 heterocycles. The van der Waals surface area contributed by atoms with Crippen LogP contribution in [0.4, 0.5) is 0 Å². The first-order chi connectivity index (χ1) is 9.05. The lowest BCUT2D eigenvalue weighted by molar-refractivity contribution is -0.139. The second-order valence-electron chi connectivity index (χ2n) is 6.05. The van der Waals surface area contributed by atoms with Crippen LogP contribution in [0.1, 0.15) is 38.5 Å². The summed E-state index contributed by atoms with van der Waals surface area (Å²) in [5.74, 6) is 0.208. The number of amides is 2. The molecule has 0 aromatic heterocycles. The third-order valence-electron chi connectivity index (χ3n) is 4.40. The van der Waals surface area contributed by atoms with Gasteiger partial charge in [-0.1, -0.05) is 12.8 Å². The number of rotatable bonds is 4. The van der Waals surface area contributed by atoms with Gasteiger partial charge in [-0.2, -0.15) is 0 Å². The summed E-state index contributed by atoms with van der Waals surface area (Å²) in [7, 11) is 3.59. The number of carbonyl (C=O) groups excluding carboxylic acids is 2. The Hall–Kier alpha value is -1.10. The van der Waals surface area contributed by atoms with E-state index >= 15 is 0 Å². The number of hydrogen-bond acceptors (Lipinski definition) is 3. The van der Waals surface area contributed by atoms with E-state index < -0.39 is 0 Å². The number of carbonyl (C=O) groups is 2. The van der Waals surface area contributed by atoms with Crippen molar-refractivity contribution in [1.82, 2.24) is 15.5 Å². The van der Waals surface area contributed by atoms with Crippen molar-refractivity contribution in [3.8, 4) is 0 Å². The SMILES string of the molecule is CN(C)C(=O)C1(CNC(=O)C2CCCN2)CCCC1. The topological polar surface area (TPSA) is 61.4 Å². The zero-order chi connectivity index (χ0) is 13.9. The Kier molecular flexibility index (Phi) is 4.45. The minimum absolute atomic E-state index is 0.0512. The molecule has 0 aromatic carbocycles. The van der Waals surface area contributed by atoms with Crippen molar-refractivity contribution < 1.29 is 9.59 Å². The van der Waals surface area contributed by atoms with Gasteiger partial charge < -0.3 is 15.5 Å². The van der Waals surface area contributed by atoms with Crippen LogP contribution in [0.15, 0.2) is 0 Å². The summed E-state index contributed by atoms with van der Waals surface area (Å²) in [5.41, 5.74) is -0.363. The molecular formula is C14H25N3O2. The van der Waals surface area contributed by atoms with E-state index in [1.165, 1.54) is 0 Å². The molecule has 0 aromatic rings. The predicted octanol–water partition coefficient (Wildman–Crippen LogP) is 0.503. The van der Waals surface area contributed by atoms with Crippen molar-refractivity contribution in [3.63, 3.8) is 0 Å². The highest BCUT2D eigenvalue weighted by Crippen LogP contribution is 2.38. The maximum Gasteiger partial charge on any atom is 0.237 e. The van der Waals surface area contributed by atoms with E-state index in [0.717, 1.165) is 45.1 Å². The third kappa shape index (κ3) is 3.08. The Balaban J connectivity index is 1.93. The molecule has 1 atom stereocenters. The lowest BCUT2D eigenvalue weighted by Crippen LogP contribution is -2.49. The summed E-state index contributed by atoms with van der Waals surface area (Å²) >= 11 is 0. The molecule has 2 rings (SSSR count). The average molecular weight is 267 g/mol. The summed E-state index contributed by atoms with van der Waals surface area (Å²) in [4.78, 5) is 26.1. The lowest BCUT2D eigenvalue weighted by atomic mass is 9.84. The Morgan fingerprint density at radius 2 is 1.95 bits per heavy atom. The van der Waals surface area contributed by atoms with Gasteiger partial charge in [0.2, 0.25) is 11.8 Å². The highest BCUT2D eigenvalue weighted by atomic mass is 16.2. The average Bonchev–Trinajstić information content (AvgIpc) is 3.06. The van der Waals surface area contributed by atoms with E-state index in [1.807, 2.05) is 0 Å². The summed E-state index contributed by atoms with van der Waals surface area (Å²) < 4.78 is 0. The third-order valence-corrected chi connectivity index (χ3v) is 4.40. The van der Waals surface area contributed by atoms with Crippen LogP contribution < -0.4 is 10.6 Å². The van der Waals surface area contributed by atoms with Crippen molar-refractivity contribution in [2.24, 2.45) is 5.41 Å². The standard InChI is InChI=1S/C14H25N3O2/c1-17(2)13(19)14(7-3-4-8-14)10-16-12(18)11-6-5-9-15-11/h11,15H,3-10H2,1-2H3,(H,16,18). The summed E-state index contributed by atoms with van der Waals surface area (Å²) in [6.07, 6.45) is 5.90. The van der Waals surface area contributed by atoms with Crippen LogP contribution >= 0.6 is 0 Å². The zero-order valence-corrected chi connectivity index (χ0v) is 12.0. The normalized spacial score (nSPS) is 25.3. The molecule has 5 heteroatoms. The van der Waals surface area contributed by atoms with Gasteiger partial charge >= 0.3 is 0 Å². The molecule has 2 aliphatic rings. The molecule has 19 heavy (non-hydrogen) atoms. The molecule has 1 aliphatic carbocycles. The fourth-order valence-corrected chi connectivity index (χ4v) is 3.28. The molecule has 0 radical (unpaired) electrons. The summed E-state index contributed by atoms with van der Waals surface area (Å²) in [6, 6.07) is -0.0621. The van der Waals surface area contributed by atoms with Gasteiger partial charge in [-0.15, -0.1) is 0 Å². The predicted molar refractivity (Wildman–Crippen MR) is 73.6 cm³/mol. The van der Waals surface area contributed by atoms with E-state index in [-0.39, 0.29) is 23.3 Å². The van der Waals surface area contributed by atoms with Crippen molar-refractivity contribution in [3.05, 3.63) is 0 Å². The first-order valence-electron chi connectivity index (χ1n) is 7.28. The van der Waals surface area contributed by atoms with E-state index in [0.29, 0.717) is 6.54 Å². The highest BCUT2D eigenvalue weighted by Gasteiger charge is 2.42. The van der Waals surface area contributed by atoms with E-state index in [4.69, 9.17) is 0 Å². The molecule has 2 N–H and O–H groups in total. The number of nitrogens with one attached hydrogen (secondary N) is 2. The minimum Gasteiger partial charge on any atom is -0.354 e. The Morgan fingerprint density at radius 3 is 2.47 bits per heavy atom. The van der Waals surface area contributed by atoms with Gasteiger partial charge in [-0.05, 0) is 32.2 Å². The van der Waals surface area contributed by atoms with E-state index in [2.05, 4.69) is 10.6 Å². The largest absolute Gasteiger partial charge is 0.354 e. The fraction of sp³-hybridized carbons (Fsp3) is 0.857. The van der Waals surface area contributed by atoms with Crippen LogP contribution in [0, 0.1) is 5.41 Å². The van der Waals surface area contributed by atoms with E-state index in [9.17, 15) is 9.59 Å². The monoisotopic (exact) mass is 267 g/mol. The molecule has 1 saturated heterocycles. The van der Waals surface area contributed by atoms with Crippen molar-refractivity contribution in [2.45, 2.75) is 44.6 Å². The van der Waals surface area contributed by atoms with Crippen LogP contribution in [-0.2, 0) is 9.59 Å². The summed E-state index contributed by atoms with van der Waals surface area (Å²) in [5, 5.41) is 6.18. The molecule has 1 saturated carbocycles. The first kappa shape index (κ1) is 14.3. The second-order valence-corrected chi connectivity index (χ2v) is 6.05. The molecule has 1 aliphatic heterocycles. The van der Waals surface area contributed by atoms with Gasteiger partial charge in [0.1, 0.15) is 0 Å². The van der Waals surface area contributed by atoms with Gasteiger partial charge in [0, 0.05) is 20.6 Å². The summed E-state index contributed by atoms with van der Waals surface area (Å²) in [6.45, 7) is 1.40. The van der Waals surface area contributed by atoms with Crippen LogP contribution in [0.2, 0.25) is 0 Å². The van der Waals surface area contributed by atoms with Gasteiger partial charge in [0.15, 0.2) is 0 Å². The van der Waals surface area contributed by atoms with Crippen molar-refractivity contribution >= 4 is 11.8 Å². The maximum absolute atomic E-state index is 12.4. The van der Waals surface area contributed by atoms with Crippen LogP contribution in [0.3, 0.4) is 0 Å². The van der Waals surface area contributed by atoms with Gasteiger partial charge in [0.05, 0.1) is 11.5 Å². The minimum atomic E-state index is -0.363. The van der Waals surface area contributed by atoms with Crippen LogP contribution in [0.25, 0.3) is 0 Å².